The van der Waals surface area contributed by atoms with Gasteiger partial charge in [0.25, 0.3) is 0 Å². The van der Waals surface area contributed by atoms with Gasteiger partial charge in [0.1, 0.15) is 18.0 Å². The molecule has 3 aliphatic rings. The molecule has 5 aromatic carbocycles. The Balaban J connectivity index is 0. The maximum Gasteiger partial charge on any atom is 0.643 e. The molecule has 328 valence electrons. The van der Waals surface area contributed by atoms with Gasteiger partial charge in [-0.1, -0.05) is 206 Å². The van der Waals surface area contributed by atoms with Gasteiger partial charge in [0.15, 0.2) is 11.8 Å². The van der Waals surface area contributed by atoms with Crippen LogP contribution in [0.4, 0.5) is 0 Å². The molecule has 0 aromatic heterocycles. The minimum absolute atomic E-state index is 0.122. The lowest BCUT2D eigenvalue weighted by molar-refractivity contribution is 0.595. The summed E-state index contributed by atoms with van der Waals surface area (Å²) in [7, 11) is 14.8. The van der Waals surface area contributed by atoms with Crippen LogP contribution in [0.1, 0.15) is 121 Å². The Morgan fingerprint density at radius 1 is 0.550 bits per heavy atom. The lowest BCUT2D eigenvalue weighted by atomic mass is 9.69. The first-order valence-electron chi connectivity index (χ1n) is 20.2. The van der Waals surface area contributed by atoms with Crippen LogP contribution in [-0.2, 0) is 10.8 Å². The summed E-state index contributed by atoms with van der Waals surface area (Å²) in [6.45, 7) is 21.4. The molecular weight excluding hydrogens is 923 g/mol. The molecule has 0 nitrogen and oxygen atoms in total. The smallest absolute Gasteiger partial charge is 0.214 e. The van der Waals surface area contributed by atoms with Gasteiger partial charge in [-0.3, -0.25) is 0 Å². The van der Waals surface area contributed by atoms with Crippen molar-refractivity contribution in [2.45, 2.75) is 104 Å². The lowest BCUT2D eigenvalue weighted by Crippen LogP contribution is -2.26. The van der Waals surface area contributed by atoms with Crippen molar-refractivity contribution in [2.24, 2.45) is 0 Å². The third kappa shape index (κ3) is 29.1. The van der Waals surface area contributed by atoms with Crippen molar-refractivity contribution in [3.63, 3.8) is 0 Å². The Morgan fingerprint density at radius 3 is 1.07 bits per heavy atom. The van der Waals surface area contributed by atoms with Crippen molar-refractivity contribution in [1.29, 1.82) is 0 Å². The van der Waals surface area contributed by atoms with Gasteiger partial charge < -0.3 is 0 Å². The molecule has 2 unspecified atom stereocenters. The quantitative estimate of drug-likeness (QED) is 0.0903. The molecule has 2 bridgehead atoms. The Hall–Kier alpha value is -1.31. The van der Waals surface area contributed by atoms with Crippen LogP contribution in [0.15, 0.2) is 146 Å². The SMILES string of the molecule is CC(C)c1ccccc1.CC(CCl)c1ccccc1.CC(Cl)CCl.CC1(C)c2cccc1c2.CC1(C)c2ccccc21.CC[CH+]Cl.C[CH+]CCl.[Cl][Al]([Cl])[Cl].c1ccccc1. The fourth-order valence-corrected chi connectivity index (χ4v) is 5.08. The minimum Gasteiger partial charge on any atom is -0.214 e. The van der Waals surface area contributed by atoms with Gasteiger partial charge in [0.05, 0.1) is 13.3 Å². The third-order valence-corrected chi connectivity index (χ3v) is 10.6. The van der Waals surface area contributed by atoms with Crippen LogP contribution in [0.5, 0.6) is 0 Å². The first-order chi connectivity index (χ1) is 28.4. The molecule has 8 rings (SSSR count). The molecule has 2 atom stereocenters. The van der Waals surface area contributed by atoms with E-state index in [1.807, 2.05) is 87.9 Å². The molecule has 0 saturated heterocycles. The van der Waals surface area contributed by atoms with Crippen molar-refractivity contribution in [3.05, 3.63) is 191 Å². The van der Waals surface area contributed by atoms with E-state index in [1.54, 1.807) is 5.88 Å². The molecule has 0 fully saturated rings. The lowest BCUT2D eigenvalue weighted by Gasteiger charge is -2.35. The van der Waals surface area contributed by atoms with E-state index in [9.17, 15) is 0 Å². The fourth-order valence-electron chi connectivity index (χ4n) is 4.91. The second-order valence-electron chi connectivity index (χ2n) is 14.9. The predicted octanol–water partition coefficient (Wildman–Crippen LogP) is 19.0. The van der Waals surface area contributed by atoms with Crippen molar-refractivity contribution in [1.82, 2.24) is 0 Å². The van der Waals surface area contributed by atoms with E-state index in [0.29, 0.717) is 40.3 Å². The third-order valence-electron chi connectivity index (χ3n) is 8.77. The molecule has 9 heteroatoms. The van der Waals surface area contributed by atoms with Crippen LogP contribution in [0.2, 0.25) is 0 Å². The van der Waals surface area contributed by atoms with E-state index < -0.39 is 11.4 Å². The van der Waals surface area contributed by atoms with E-state index >= 15 is 0 Å². The van der Waals surface area contributed by atoms with Crippen molar-refractivity contribution in [3.8, 4) is 0 Å². The molecule has 0 aliphatic heterocycles. The van der Waals surface area contributed by atoms with Crippen LogP contribution >= 0.6 is 88.2 Å². The highest BCUT2D eigenvalue weighted by molar-refractivity contribution is 7.54. The molecule has 0 radical (unpaired) electrons. The zero-order chi connectivity index (χ0) is 46.0. The highest BCUT2D eigenvalue weighted by Crippen LogP contribution is 2.48. The molecule has 5 aromatic rings. The molecule has 3 aliphatic carbocycles. The van der Waals surface area contributed by atoms with Crippen molar-refractivity contribution >= 4 is 99.5 Å². The average molecular weight is 991 g/mol. The number of hydrogen-bond donors (Lipinski definition) is 0. The largest absolute Gasteiger partial charge is 0.643 e. The van der Waals surface area contributed by atoms with E-state index in [-0.39, 0.29) is 5.38 Å². The molecule has 0 heterocycles. The van der Waals surface area contributed by atoms with E-state index in [0.717, 1.165) is 6.42 Å². The molecular formula is C51H67AlCl8+2. The monoisotopic (exact) mass is 986 g/mol. The molecule has 0 amide bonds. The highest BCUT2D eigenvalue weighted by atomic mass is 35.8. The Labute approximate surface area is 408 Å². The van der Waals surface area contributed by atoms with Crippen molar-refractivity contribution in [2.75, 3.05) is 17.6 Å². The number of hydrogen-bond acceptors (Lipinski definition) is 0. The summed E-state index contributed by atoms with van der Waals surface area (Å²) in [5, 5.41) is 0.122. The van der Waals surface area contributed by atoms with Crippen LogP contribution in [0.3, 0.4) is 0 Å². The first kappa shape index (κ1) is 60.8. The van der Waals surface area contributed by atoms with Gasteiger partial charge >= 0.3 is 11.4 Å². The topological polar surface area (TPSA) is 0 Å². The van der Waals surface area contributed by atoms with Crippen LogP contribution < -0.4 is 0 Å². The van der Waals surface area contributed by atoms with Crippen LogP contribution in [0, 0.1) is 12.3 Å². The minimum atomic E-state index is -1.72. The number of halogens is 8. The van der Waals surface area contributed by atoms with Crippen LogP contribution in [-0.4, -0.2) is 34.4 Å². The van der Waals surface area contributed by atoms with Gasteiger partial charge in [-0.2, -0.15) is 0 Å². The summed E-state index contributed by atoms with van der Waals surface area (Å²) in [6, 6.07) is 50.2. The standard InChI is InChI=1S/C9H11Cl.2C9H10.C9H12.C6H6.C3H6Cl2.2C3H6Cl.Al.3ClH/c1-8(7-10)9-5-3-2-4-6-9;1-9(2)7-4-3-5-8(9)6-7;1-9(2)7-5-3-4-6-8(7)9;1-8(2)9-6-4-3-5-7-9;1-2-4-6-5-3-1;1-3(5)2-4;2*1-2-3-4;;;;/h2-6,8H,7H2,1H3;2*3-6H,1-2H3;3-8H,1-2H3;1-6H;3H,2H2,1H3;3H,2H2,1H3;2H,3H2,1H3;;3*1H/q;;;;;;2*+1;+3;;;/p-3. The summed E-state index contributed by atoms with van der Waals surface area (Å²) in [5.74, 6) is 4.64. The normalized spacial score (nSPS) is 12.7. The Bertz CT molecular complexity index is 1560. The number of alkyl halides is 4. The van der Waals surface area contributed by atoms with Gasteiger partial charge in [-0.05, 0) is 59.1 Å². The summed E-state index contributed by atoms with van der Waals surface area (Å²) in [4.78, 5) is 0. The maximum atomic E-state index is 5.69. The second-order valence-corrected chi connectivity index (χ2v) is 23.3. The van der Waals surface area contributed by atoms with Gasteiger partial charge in [0, 0.05) is 28.0 Å². The first-order valence-corrected chi connectivity index (χ1v) is 27.9. The zero-order valence-corrected chi connectivity index (χ0v) is 44.4. The summed E-state index contributed by atoms with van der Waals surface area (Å²) < 4.78 is 0. The fraction of sp³-hybridized carbons (Fsp3) is 0.373. The molecule has 0 saturated carbocycles. The Kier molecular flexibility index (Phi) is 37.6. The number of rotatable bonds is 6. The molecule has 0 spiro atoms. The molecule has 0 N–H and O–H groups in total. The van der Waals surface area contributed by atoms with E-state index in [2.05, 4.69) is 133 Å². The number of benzene rings is 5. The van der Waals surface area contributed by atoms with Crippen LogP contribution in [0.25, 0.3) is 0 Å². The molecule has 60 heavy (non-hydrogen) atoms. The van der Waals surface area contributed by atoms with E-state index in [1.165, 1.54) is 33.4 Å². The second kappa shape index (κ2) is 37.1. The summed E-state index contributed by atoms with van der Waals surface area (Å²) in [6.07, 6.45) is 2.85. The predicted molar refractivity (Wildman–Crippen MR) is 280 cm³/mol. The van der Waals surface area contributed by atoms with Gasteiger partial charge in [0.2, 0.25) is 0 Å². The van der Waals surface area contributed by atoms with Crippen molar-refractivity contribution < 1.29 is 0 Å². The maximum absolute atomic E-state index is 5.69. The van der Waals surface area contributed by atoms with Gasteiger partial charge in [-0.15, -0.1) is 34.8 Å². The Morgan fingerprint density at radius 2 is 0.867 bits per heavy atom. The zero-order valence-electron chi connectivity index (χ0n) is 37.2. The van der Waals surface area contributed by atoms with Gasteiger partial charge in [-0.25, -0.2) is 30.1 Å². The summed E-state index contributed by atoms with van der Waals surface area (Å²) >= 11 is 24.7. The number of fused-ring (bicyclic) bond motifs is 3. The average Bonchev–Trinajstić information content (AvgIpc) is 3.85. The highest BCUT2D eigenvalue weighted by Gasteiger charge is 2.40. The van der Waals surface area contributed by atoms with E-state index in [4.69, 9.17) is 88.2 Å². The summed E-state index contributed by atoms with van der Waals surface area (Å²) in [5.41, 5.74) is 9.49.